The molecule has 1 heterocycles. The quantitative estimate of drug-likeness (QED) is 0.356. The lowest BCUT2D eigenvalue weighted by molar-refractivity contribution is -0.121. The fraction of sp³-hybridized carbons (Fsp3) is 0.750. The van der Waals surface area contributed by atoms with Gasteiger partial charge in [0.15, 0.2) is 5.11 Å². The first-order valence-electron chi connectivity index (χ1n) is 4.41. The van der Waals surface area contributed by atoms with Gasteiger partial charge in [-0.15, -0.1) is 0 Å². The van der Waals surface area contributed by atoms with Crippen LogP contribution >= 0.6 is 12.2 Å². The summed E-state index contributed by atoms with van der Waals surface area (Å²) in [5, 5.41) is 0.571. The van der Waals surface area contributed by atoms with Gasteiger partial charge in [0.2, 0.25) is 0 Å². The molecular formula is C8H15N3OS. The molecule has 0 aromatic rings. The summed E-state index contributed by atoms with van der Waals surface area (Å²) in [6.07, 6.45) is 1.77. The Morgan fingerprint density at radius 3 is 2.46 bits per heavy atom. The number of hydrogen-bond donors (Lipinski definition) is 2. The highest BCUT2D eigenvalue weighted by atomic mass is 32.1. The van der Waals surface area contributed by atoms with Gasteiger partial charge in [0.05, 0.1) is 0 Å². The highest BCUT2D eigenvalue weighted by molar-refractivity contribution is 7.80. The van der Waals surface area contributed by atoms with E-state index in [2.05, 4.69) is 5.43 Å². The van der Waals surface area contributed by atoms with Gasteiger partial charge in [-0.2, -0.15) is 0 Å². The topological polar surface area (TPSA) is 58.4 Å². The van der Waals surface area contributed by atoms with Crippen LogP contribution in [0.15, 0.2) is 0 Å². The minimum absolute atomic E-state index is 0.219. The van der Waals surface area contributed by atoms with Gasteiger partial charge in [0.25, 0.3) is 0 Å². The number of carbonyl (C=O) groups excluding carboxylic acids is 1. The molecule has 74 valence electrons. The average molecular weight is 201 g/mol. The van der Waals surface area contributed by atoms with Crippen LogP contribution in [0.1, 0.15) is 19.8 Å². The van der Waals surface area contributed by atoms with Crippen molar-refractivity contribution >= 4 is 23.1 Å². The van der Waals surface area contributed by atoms with E-state index in [0.29, 0.717) is 5.11 Å². The van der Waals surface area contributed by atoms with Crippen molar-refractivity contribution in [3.63, 3.8) is 0 Å². The highest BCUT2D eigenvalue weighted by Gasteiger charge is 2.22. The van der Waals surface area contributed by atoms with Gasteiger partial charge in [-0.3, -0.25) is 4.79 Å². The zero-order valence-electron chi connectivity index (χ0n) is 7.75. The molecule has 0 aromatic carbocycles. The van der Waals surface area contributed by atoms with Crippen molar-refractivity contribution in [1.82, 2.24) is 10.3 Å². The summed E-state index contributed by atoms with van der Waals surface area (Å²) >= 11 is 4.98. The van der Waals surface area contributed by atoms with Crippen LogP contribution in [0.2, 0.25) is 0 Å². The molecule has 1 fully saturated rings. The second-order valence-corrected chi connectivity index (χ2v) is 3.71. The number of ketones is 1. The van der Waals surface area contributed by atoms with Crippen LogP contribution in [-0.4, -0.2) is 28.9 Å². The summed E-state index contributed by atoms with van der Waals surface area (Å²) in [5.74, 6) is 5.70. The van der Waals surface area contributed by atoms with Gasteiger partial charge in [-0.05, 0) is 32.0 Å². The van der Waals surface area contributed by atoms with Crippen molar-refractivity contribution in [2.45, 2.75) is 19.8 Å². The Bertz CT molecular complexity index is 211. The first-order chi connectivity index (χ1) is 6.15. The van der Waals surface area contributed by atoms with Crippen LogP contribution in [0.25, 0.3) is 0 Å². The van der Waals surface area contributed by atoms with Crippen LogP contribution in [0, 0.1) is 5.92 Å². The third-order valence-electron chi connectivity index (χ3n) is 2.48. The zero-order chi connectivity index (χ0) is 9.84. The number of Topliss-reactive ketones (excluding diaryl/α,β-unsaturated/α-hetero) is 1. The number of thiocarbonyl (C=S) groups is 1. The molecule has 13 heavy (non-hydrogen) atoms. The van der Waals surface area contributed by atoms with Crippen molar-refractivity contribution in [3.8, 4) is 0 Å². The maximum Gasteiger partial charge on any atom is 0.183 e. The van der Waals surface area contributed by atoms with Gasteiger partial charge >= 0.3 is 0 Å². The first kappa shape index (κ1) is 10.4. The number of rotatable bonds is 1. The largest absolute Gasteiger partial charge is 0.348 e. The molecule has 5 heteroatoms. The Balaban J connectivity index is 2.39. The van der Waals surface area contributed by atoms with E-state index in [1.54, 1.807) is 6.92 Å². The van der Waals surface area contributed by atoms with E-state index in [0.717, 1.165) is 25.9 Å². The minimum atomic E-state index is 0.219. The van der Waals surface area contributed by atoms with Gasteiger partial charge in [-0.25, -0.2) is 5.84 Å². The van der Waals surface area contributed by atoms with Crippen LogP contribution in [0.5, 0.6) is 0 Å². The lowest BCUT2D eigenvalue weighted by atomic mass is 9.94. The molecule has 0 saturated carbocycles. The molecule has 0 atom stereocenters. The Morgan fingerprint density at radius 2 is 2.08 bits per heavy atom. The van der Waals surface area contributed by atoms with Crippen molar-refractivity contribution in [2.75, 3.05) is 13.1 Å². The Morgan fingerprint density at radius 1 is 1.54 bits per heavy atom. The number of carbonyl (C=O) groups is 1. The maximum absolute atomic E-state index is 11.1. The van der Waals surface area contributed by atoms with Gasteiger partial charge in [-0.1, -0.05) is 0 Å². The van der Waals surface area contributed by atoms with Gasteiger partial charge < -0.3 is 10.3 Å². The number of hydrazine groups is 1. The minimum Gasteiger partial charge on any atom is -0.348 e. The van der Waals surface area contributed by atoms with Crippen LogP contribution in [-0.2, 0) is 4.79 Å². The summed E-state index contributed by atoms with van der Waals surface area (Å²) < 4.78 is 0. The van der Waals surface area contributed by atoms with E-state index >= 15 is 0 Å². The summed E-state index contributed by atoms with van der Waals surface area (Å²) in [5.41, 5.74) is 2.45. The smallest absolute Gasteiger partial charge is 0.183 e. The fourth-order valence-corrected chi connectivity index (χ4v) is 1.76. The third-order valence-corrected chi connectivity index (χ3v) is 2.86. The van der Waals surface area contributed by atoms with E-state index in [4.69, 9.17) is 18.1 Å². The van der Waals surface area contributed by atoms with Gasteiger partial charge in [0.1, 0.15) is 5.78 Å². The van der Waals surface area contributed by atoms with Crippen molar-refractivity contribution in [3.05, 3.63) is 0 Å². The average Bonchev–Trinajstić information content (AvgIpc) is 2.17. The van der Waals surface area contributed by atoms with Crippen LogP contribution < -0.4 is 11.3 Å². The normalized spacial score (nSPS) is 18.5. The molecule has 0 bridgehead atoms. The molecule has 0 aromatic heterocycles. The molecule has 0 aliphatic carbocycles. The van der Waals surface area contributed by atoms with E-state index in [-0.39, 0.29) is 11.7 Å². The van der Waals surface area contributed by atoms with Gasteiger partial charge in [0, 0.05) is 19.0 Å². The highest BCUT2D eigenvalue weighted by Crippen LogP contribution is 2.17. The SMILES string of the molecule is CC(=O)C1CCN(C(=S)NN)CC1. The molecule has 1 saturated heterocycles. The summed E-state index contributed by atoms with van der Waals surface area (Å²) in [7, 11) is 0. The number of likely N-dealkylation sites (tertiary alicyclic amines) is 1. The molecule has 1 aliphatic rings. The number of nitrogens with two attached hydrogens (primary N) is 1. The second-order valence-electron chi connectivity index (χ2n) is 3.32. The van der Waals surface area contributed by atoms with Crippen LogP contribution in [0.4, 0.5) is 0 Å². The molecule has 0 unspecified atom stereocenters. The molecule has 1 rings (SSSR count). The van der Waals surface area contributed by atoms with Crippen molar-refractivity contribution in [1.29, 1.82) is 0 Å². The van der Waals surface area contributed by atoms with E-state index in [9.17, 15) is 4.79 Å². The predicted octanol–water partition coefficient (Wildman–Crippen LogP) is 0.0356. The third kappa shape index (κ3) is 2.63. The molecular weight excluding hydrogens is 186 g/mol. The molecule has 0 amide bonds. The molecule has 3 N–H and O–H groups in total. The Hall–Kier alpha value is -0.680. The molecule has 4 nitrogen and oxygen atoms in total. The van der Waals surface area contributed by atoms with Crippen molar-refractivity contribution in [2.24, 2.45) is 11.8 Å². The first-order valence-corrected chi connectivity index (χ1v) is 4.82. The number of piperidine rings is 1. The van der Waals surface area contributed by atoms with Crippen LogP contribution in [0.3, 0.4) is 0 Å². The maximum atomic E-state index is 11.1. The Labute approximate surface area is 83.4 Å². The lowest BCUT2D eigenvalue weighted by Gasteiger charge is -2.32. The molecule has 1 aliphatic heterocycles. The monoisotopic (exact) mass is 201 g/mol. The summed E-state index contributed by atoms with van der Waals surface area (Å²) in [6, 6.07) is 0. The number of nitrogens with zero attached hydrogens (tertiary/aromatic N) is 1. The lowest BCUT2D eigenvalue weighted by Crippen LogP contribution is -2.47. The van der Waals surface area contributed by atoms with Crippen molar-refractivity contribution < 1.29 is 4.79 Å². The summed E-state index contributed by atoms with van der Waals surface area (Å²) in [4.78, 5) is 13.0. The molecule has 0 spiro atoms. The summed E-state index contributed by atoms with van der Waals surface area (Å²) in [6.45, 7) is 3.31. The number of nitrogens with one attached hydrogen (secondary N) is 1. The zero-order valence-corrected chi connectivity index (χ0v) is 8.56. The van der Waals surface area contributed by atoms with E-state index in [1.165, 1.54) is 0 Å². The second kappa shape index (κ2) is 4.53. The molecule has 0 radical (unpaired) electrons. The fourth-order valence-electron chi connectivity index (χ4n) is 1.58. The Kier molecular flexibility index (Phi) is 3.62. The standard InChI is InChI=1S/C8H15N3OS/c1-6(12)7-2-4-11(5-3-7)8(13)10-9/h7H,2-5,9H2,1H3,(H,10,13). The van der Waals surface area contributed by atoms with E-state index in [1.807, 2.05) is 4.90 Å². The van der Waals surface area contributed by atoms with E-state index < -0.39 is 0 Å². The predicted molar refractivity (Wildman–Crippen MR) is 54.9 cm³/mol. The number of hydrogen-bond acceptors (Lipinski definition) is 3.